The summed E-state index contributed by atoms with van der Waals surface area (Å²) in [7, 11) is 0. The molecular formula is C13H14F2O2. The monoisotopic (exact) mass is 240 g/mol. The predicted octanol–water partition coefficient (Wildman–Crippen LogP) is 3.83. The van der Waals surface area contributed by atoms with E-state index in [-0.39, 0.29) is 5.76 Å². The lowest BCUT2D eigenvalue weighted by molar-refractivity contribution is 0.0604. The van der Waals surface area contributed by atoms with Crippen molar-refractivity contribution >= 4 is 5.97 Å². The maximum absolute atomic E-state index is 13.2. The lowest BCUT2D eigenvalue weighted by Gasteiger charge is -2.07. The van der Waals surface area contributed by atoms with Crippen LogP contribution in [0, 0.1) is 11.6 Å². The van der Waals surface area contributed by atoms with Crippen LogP contribution in [-0.2, 0) is 4.74 Å². The molecule has 0 saturated heterocycles. The second-order valence-electron chi connectivity index (χ2n) is 3.63. The van der Waals surface area contributed by atoms with Crippen molar-refractivity contribution in [2.75, 3.05) is 0 Å². The smallest absolute Gasteiger partial charge is 0.349 e. The minimum absolute atomic E-state index is 0.222. The van der Waals surface area contributed by atoms with Gasteiger partial charge < -0.3 is 4.74 Å². The highest BCUT2D eigenvalue weighted by atomic mass is 19.1. The van der Waals surface area contributed by atoms with Crippen molar-refractivity contribution < 1.29 is 18.3 Å². The molecule has 0 aliphatic rings. The number of esters is 1. The average molecular weight is 240 g/mol. The number of benzene rings is 1. The fourth-order valence-corrected chi connectivity index (χ4v) is 1.30. The standard InChI is InChI=1S/C13H14F2O2/c1-3-4-6-9(2)17-13(16)12-10(14)7-5-8-11(12)15/h5,7-8H,2-4,6H2,1H3. The quantitative estimate of drug-likeness (QED) is 0.577. The Morgan fingerprint density at radius 3 is 2.47 bits per heavy atom. The van der Waals surface area contributed by atoms with Crippen LogP contribution in [0.2, 0.25) is 0 Å². The van der Waals surface area contributed by atoms with Crippen LogP contribution >= 0.6 is 0 Å². The zero-order valence-corrected chi connectivity index (χ0v) is 9.63. The van der Waals surface area contributed by atoms with Gasteiger partial charge in [0.1, 0.15) is 23.0 Å². The molecule has 1 rings (SSSR count). The summed E-state index contributed by atoms with van der Waals surface area (Å²) in [5.74, 6) is -2.68. The van der Waals surface area contributed by atoms with E-state index in [2.05, 4.69) is 6.58 Å². The molecule has 0 aliphatic carbocycles. The fraction of sp³-hybridized carbons (Fsp3) is 0.308. The number of hydrogen-bond donors (Lipinski definition) is 0. The molecular weight excluding hydrogens is 226 g/mol. The number of hydrogen-bond acceptors (Lipinski definition) is 2. The molecule has 1 aromatic rings. The third-order valence-electron chi connectivity index (χ3n) is 2.21. The van der Waals surface area contributed by atoms with Crippen molar-refractivity contribution in [3.05, 3.63) is 47.7 Å². The van der Waals surface area contributed by atoms with Gasteiger partial charge in [-0.2, -0.15) is 0 Å². The Labute approximate surface area is 98.9 Å². The van der Waals surface area contributed by atoms with E-state index in [9.17, 15) is 13.6 Å². The second kappa shape index (κ2) is 6.13. The van der Waals surface area contributed by atoms with Gasteiger partial charge in [-0.15, -0.1) is 0 Å². The molecule has 0 fully saturated rings. The third-order valence-corrected chi connectivity index (χ3v) is 2.21. The highest BCUT2D eigenvalue weighted by molar-refractivity contribution is 5.90. The highest BCUT2D eigenvalue weighted by Gasteiger charge is 2.19. The molecule has 0 amide bonds. The number of rotatable bonds is 5. The number of carbonyl (C=O) groups is 1. The largest absolute Gasteiger partial charge is 0.428 e. The van der Waals surface area contributed by atoms with Crippen LogP contribution in [0.1, 0.15) is 36.5 Å². The zero-order valence-electron chi connectivity index (χ0n) is 9.63. The number of unbranched alkanes of at least 4 members (excludes halogenated alkanes) is 1. The first kappa shape index (κ1) is 13.4. The van der Waals surface area contributed by atoms with Crippen LogP contribution in [0.5, 0.6) is 0 Å². The van der Waals surface area contributed by atoms with Gasteiger partial charge in [0, 0.05) is 6.42 Å². The van der Waals surface area contributed by atoms with E-state index in [1.54, 1.807) is 0 Å². The minimum atomic E-state index is -1.04. The Bertz CT molecular complexity index is 407. The van der Waals surface area contributed by atoms with Crippen molar-refractivity contribution in [1.29, 1.82) is 0 Å². The lowest BCUT2D eigenvalue weighted by atomic mass is 10.2. The summed E-state index contributed by atoms with van der Waals surface area (Å²) in [4.78, 5) is 11.5. The molecule has 1 aromatic carbocycles. The van der Waals surface area contributed by atoms with E-state index in [1.807, 2.05) is 6.92 Å². The molecule has 17 heavy (non-hydrogen) atoms. The second-order valence-corrected chi connectivity index (χ2v) is 3.63. The Hall–Kier alpha value is -1.71. The predicted molar refractivity (Wildman–Crippen MR) is 60.4 cm³/mol. The fourth-order valence-electron chi connectivity index (χ4n) is 1.30. The molecule has 2 nitrogen and oxygen atoms in total. The molecule has 0 aromatic heterocycles. The molecule has 0 unspecified atom stereocenters. The summed E-state index contributed by atoms with van der Waals surface area (Å²) in [6.45, 7) is 5.51. The Kier molecular flexibility index (Phi) is 4.82. The topological polar surface area (TPSA) is 26.3 Å². The average Bonchev–Trinajstić information content (AvgIpc) is 2.26. The van der Waals surface area contributed by atoms with Crippen molar-refractivity contribution in [1.82, 2.24) is 0 Å². The van der Waals surface area contributed by atoms with E-state index in [1.165, 1.54) is 6.07 Å². The van der Waals surface area contributed by atoms with Gasteiger partial charge in [0.15, 0.2) is 0 Å². The van der Waals surface area contributed by atoms with Gasteiger partial charge in [-0.3, -0.25) is 0 Å². The highest BCUT2D eigenvalue weighted by Crippen LogP contribution is 2.16. The van der Waals surface area contributed by atoms with Crippen LogP contribution < -0.4 is 0 Å². The van der Waals surface area contributed by atoms with E-state index in [4.69, 9.17) is 4.74 Å². The Morgan fingerprint density at radius 1 is 1.35 bits per heavy atom. The molecule has 0 atom stereocenters. The van der Waals surface area contributed by atoms with E-state index < -0.39 is 23.2 Å². The van der Waals surface area contributed by atoms with Gasteiger partial charge >= 0.3 is 5.97 Å². The first-order chi connectivity index (χ1) is 8.06. The third kappa shape index (κ3) is 3.66. The lowest BCUT2D eigenvalue weighted by Crippen LogP contribution is -2.09. The number of ether oxygens (including phenoxy) is 1. The molecule has 4 heteroatoms. The van der Waals surface area contributed by atoms with Gasteiger partial charge in [0.05, 0.1) is 0 Å². The molecule has 0 bridgehead atoms. The summed E-state index contributed by atoms with van der Waals surface area (Å²) in [5, 5.41) is 0. The van der Waals surface area contributed by atoms with Crippen LogP contribution in [0.25, 0.3) is 0 Å². The van der Waals surface area contributed by atoms with Crippen molar-refractivity contribution in [3.8, 4) is 0 Å². The number of allylic oxidation sites excluding steroid dienone is 1. The molecule has 0 saturated carbocycles. The summed E-state index contributed by atoms with van der Waals surface area (Å²) in [6, 6.07) is 3.20. The van der Waals surface area contributed by atoms with Gasteiger partial charge in [-0.05, 0) is 18.6 Å². The molecule has 0 aliphatic heterocycles. The van der Waals surface area contributed by atoms with Gasteiger partial charge in [-0.1, -0.05) is 26.0 Å². The van der Waals surface area contributed by atoms with Gasteiger partial charge in [0.25, 0.3) is 0 Å². The van der Waals surface area contributed by atoms with Crippen LogP contribution in [0.15, 0.2) is 30.5 Å². The zero-order chi connectivity index (χ0) is 12.8. The van der Waals surface area contributed by atoms with Crippen molar-refractivity contribution in [2.24, 2.45) is 0 Å². The summed E-state index contributed by atoms with van der Waals surface area (Å²) >= 11 is 0. The first-order valence-electron chi connectivity index (χ1n) is 5.40. The SMILES string of the molecule is C=C(CCCC)OC(=O)c1c(F)cccc1F. The number of carbonyl (C=O) groups excluding carboxylic acids is 1. The summed E-state index contributed by atoms with van der Waals surface area (Å²) < 4.78 is 31.3. The van der Waals surface area contributed by atoms with E-state index >= 15 is 0 Å². The molecule has 0 heterocycles. The number of halogens is 2. The molecule has 0 N–H and O–H groups in total. The van der Waals surface area contributed by atoms with E-state index in [0.29, 0.717) is 6.42 Å². The van der Waals surface area contributed by atoms with Crippen molar-refractivity contribution in [2.45, 2.75) is 26.2 Å². The van der Waals surface area contributed by atoms with Gasteiger partial charge in [0.2, 0.25) is 0 Å². The Balaban J connectivity index is 2.73. The summed E-state index contributed by atoms with van der Waals surface area (Å²) in [6.07, 6.45) is 2.23. The first-order valence-corrected chi connectivity index (χ1v) is 5.40. The van der Waals surface area contributed by atoms with Crippen molar-refractivity contribution in [3.63, 3.8) is 0 Å². The normalized spacial score (nSPS) is 10.1. The van der Waals surface area contributed by atoms with Crippen LogP contribution in [-0.4, -0.2) is 5.97 Å². The molecule has 92 valence electrons. The minimum Gasteiger partial charge on any atom is -0.428 e. The van der Waals surface area contributed by atoms with Crippen LogP contribution in [0.4, 0.5) is 8.78 Å². The summed E-state index contributed by atoms with van der Waals surface area (Å²) in [5.41, 5.74) is -0.676. The maximum atomic E-state index is 13.2. The molecule has 0 spiro atoms. The van der Waals surface area contributed by atoms with Crippen LogP contribution in [0.3, 0.4) is 0 Å². The van der Waals surface area contributed by atoms with E-state index in [0.717, 1.165) is 25.0 Å². The Morgan fingerprint density at radius 2 is 1.94 bits per heavy atom. The maximum Gasteiger partial charge on any atom is 0.349 e. The molecule has 0 radical (unpaired) electrons. The van der Waals surface area contributed by atoms with Gasteiger partial charge in [-0.25, -0.2) is 13.6 Å².